The van der Waals surface area contributed by atoms with Crippen LogP contribution >= 0.6 is 11.8 Å². The van der Waals surface area contributed by atoms with Gasteiger partial charge >= 0.3 is 12.0 Å². The number of nitrogens with one attached hydrogen (secondary N) is 1. The minimum Gasteiger partial charge on any atom is -0.480 e. The van der Waals surface area contributed by atoms with Crippen LogP contribution in [0.25, 0.3) is 0 Å². The van der Waals surface area contributed by atoms with Crippen molar-refractivity contribution in [2.45, 2.75) is 39.0 Å². The van der Waals surface area contributed by atoms with Gasteiger partial charge in [0.1, 0.15) is 6.54 Å². The lowest BCUT2D eigenvalue weighted by Gasteiger charge is -2.20. The summed E-state index contributed by atoms with van der Waals surface area (Å²) in [6.45, 7) is 2.80. The van der Waals surface area contributed by atoms with E-state index in [9.17, 15) is 9.59 Å². The van der Waals surface area contributed by atoms with Crippen molar-refractivity contribution in [2.24, 2.45) is 0 Å². The van der Waals surface area contributed by atoms with Crippen molar-refractivity contribution in [2.75, 3.05) is 31.6 Å². The molecular weight excluding hydrogens is 264 g/mol. The molecule has 0 unspecified atom stereocenters. The second-order valence-corrected chi connectivity index (χ2v) is 5.44. The highest BCUT2D eigenvalue weighted by Crippen LogP contribution is 2.04. The minimum atomic E-state index is -0.972. The van der Waals surface area contributed by atoms with Crippen LogP contribution in [0.4, 0.5) is 4.79 Å². The smallest absolute Gasteiger partial charge is 0.323 e. The van der Waals surface area contributed by atoms with Gasteiger partial charge < -0.3 is 15.3 Å². The van der Waals surface area contributed by atoms with E-state index >= 15 is 0 Å². The molecule has 112 valence electrons. The van der Waals surface area contributed by atoms with Crippen LogP contribution < -0.4 is 5.32 Å². The predicted molar refractivity (Wildman–Crippen MR) is 79.7 cm³/mol. The number of amides is 2. The monoisotopic (exact) mass is 290 g/mol. The van der Waals surface area contributed by atoms with Crippen molar-refractivity contribution in [1.82, 2.24) is 10.2 Å². The molecule has 0 aliphatic carbocycles. The van der Waals surface area contributed by atoms with Gasteiger partial charge in [0, 0.05) is 13.1 Å². The molecule has 0 heterocycles. The van der Waals surface area contributed by atoms with Crippen LogP contribution in [-0.2, 0) is 4.79 Å². The quantitative estimate of drug-likeness (QED) is 0.573. The molecule has 0 aromatic heterocycles. The highest BCUT2D eigenvalue weighted by Gasteiger charge is 2.14. The number of nitrogens with zero attached hydrogens (tertiary/aromatic N) is 1. The van der Waals surface area contributed by atoms with Crippen LogP contribution in [-0.4, -0.2) is 53.6 Å². The molecule has 0 saturated heterocycles. The van der Waals surface area contributed by atoms with E-state index in [0.717, 1.165) is 19.3 Å². The van der Waals surface area contributed by atoms with E-state index < -0.39 is 5.97 Å². The minimum absolute atomic E-state index is 0.229. The van der Waals surface area contributed by atoms with E-state index in [4.69, 9.17) is 5.11 Å². The highest BCUT2D eigenvalue weighted by atomic mass is 32.2. The first-order valence-corrected chi connectivity index (χ1v) is 8.24. The first-order chi connectivity index (χ1) is 9.11. The topological polar surface area (TPSA) is 69.6 Å². The molecule has 5 nitrogen and oxygen atoms in total. The summed E-state index contributed by atoms with van der Waals surface area (Å²) in [5, 5.41) is 11.5. The van der Waals surface area contributed by atoms with E-state index in [1.807, 2.05) is 18.7 Å². The zero-order valence-electron chi connectivity index (χ0n) is 12.0. The molecule has 0 bridgehead atoms. The molecule has 0 aliphatic rings. The van der Waals surface area contributed by atoms with E-state index in [0.29, 0.717) is 13.1 Å². The van der Waals surface area contributed by atoms with Crippen molar-refractivity contribution in [3.8, 4) is 0 Å². The Hall–Kier alpha value is -0.910. The number of unbranched alkanes of at least 4 members (excludes halogenated alkanes) is 3. The molecule has 19 heavy (non-hydrogen) atoms. The molecule has 0 saturated carbocycles. The maximum absolute atomic E-state index is 11.8. The molecular formula is C13H26N2O3S. The van der Waals surface area contributed by atoms with Gasteiger partial charge in [0.15, 0.2) is 0 Å². The van der Waals surface area contributed by atoms with E-state index in [2.05, 4.69) is 11.6 Å². The van der Waals surface area contributed by atoms with Crippen LogP contribution in [0.5, 0.6) is 0 Å². The average molecular weight is 290 g/mol. The number of thioether (sulfide) groups is 1. The largest absolute Gasteiger partial charge is 0.480 e. The van der Waals surface area contributed by atoms with E-state index in [-0.39, 0.29) is 12.6 Å². The Morgan fingerprint density at radius 1 is 1.21 bits per heavy atom. The average Bonchev–Trinajstić information content (AvgIpc) is 2.36. The van der Waals surface area contributed by atoms with Gasteiger partial charge in [-0.2, -0.15) is 11.8 Å². The number of carbonyl (C=O) groups excluding carboxylic acids is 1. The van der Waals surface area contributed by atoms with Gasteiger partial charge in [-0.25, -0.2) is 4.79 Å². The molecule has 0 spiro atoms. The number of rotatable bonds is 11. The van der Waals surface area contributed by atoms with Crippen LogP contribution in [0.1, 0.15) is 39.0 Å². The van der Waals surface area contributed by atoms with Gasteiger partial charge in [0.05, 0.1) is 0 Å². The molecule has 0 fully saturated rings. The summed E-state index contributed by atoms with van der Waals surface area (Å²) < 4.78 is 0. The third kappa shape index (κ3) is 10.7. The summed E-state index contributed by atoms with van der Waals surface area (Å²) in [6, 6.07) is -0.270. The lowest BCUT2D eigenvalue weighted by atomic mass is 10.2. The van der Waals surface area contributed by atoms with Crippen LogP contribution in [0, 0.1) is 0 Å². The zero-order valence-corrected chi connectivity index (χ0v) is 12.8. The Morgan fingerprint density at radius 2 is 1.89 bits per heavy atom. The van der Waals surface area contributed by atoms with E-state index in [1.54, 1.807) is 0 Å². The summed E-state index contributed by atoms with van der Waals surface area (Å²) in [6.07, 6.45) is 7.32. The predicted octanol–water partition coefficient (Wildman–Crippen LogP) is 2.42. The normalized spacial score (nSPS) is 10.2. The van der Waals surface area contributed by atoms with Crippen molar-refractivity contribution in [1.29, 1.82) is 0 Å². The number of hydrogen-bond acceptors (Lipinski definition) is 3. The maximum atomic E-state index is 11.8. The van der Waals surface area contributed by atoms with Gasteiger partial charge in [-0.15, -0.1) is 0 Å². The highest BCUT2D eigenvalue weighted by molar-refractivity contribution is 7.98. The van der Waals surface area contributed by atoms with Gasteiger partial charge in [-0.3, -0.25) is 4.79 Å². The van der Waals surface area contributed by atoms with Crippen LogP contribution in [0.2, 0.25) is 0 Å². The van der Waals surface area contributed by atoms with Gasteiger partial charge in [-0.05, 0) is 31.3 Å². The Balaban J connectivity index is 3.71. The summed E-state index contributed by atoms with van der Waals surface area (Å²) in [5.41, 5.74) is 0. The Labute approximate surface area is 120 Å². The first kappa shape index (κ1) is 18.1. The molecule has 0 aliphatic heterocycles. The second kappa shape index (κ2) is 12.1. The Bertz CT molecular complexity index is 262. The summed E-state index contributed by atoms with van der Waals surface area (Å²) >= 11 is 1.85. The standard InChI is InChI=1S/C13H26N2O3S/c1-3-9-15(11-12(16)17)13(18)14-8-6-4-5-7-10-19-2/h3-11H2,1-2H3,(H,14,18)(H,16,17). The fourth-order valence-corrected chi connectivity index (χ4v) is 2.21. The molecule has 6 heteroatoms. The zero-order chi connectivity index (χ0) is 14.5. The number of carboxylic acids is 1. The molecule has 0 radical (unpaired) electrons. The fraction of sp³-hybridized carbons (Fsp3) is 0.846. The van der Waals surface area contributed by atoms with Crippen LogP contribution in [0.15, 0.2) is 0 Å². The first-order valence-electron chi connectivity index (χ1n) is 6.85. The molecule has 0 rings (SSSR count). The third-order valence-electron chi connectivity index (χ3n) is 2.66. The van der Waals surface area contributed by atoms with Crippen molar-refractivity contribution in [3.63, 3.8) is 0 Å². The molecule has 0 atom stereocenters. The Morgan fingerprint density at radius 3 is 2.47 bits per heavy atom. The van der Waals surface area contributed by atoms with Gasteiger partial charge in [0.25, 0.3) is 0 Å². The van der Waals surface area contributed by atoms with Crippen molar-refractivity contribution >= 4 is 23.8 Å². The fourth-order valence-electron chi connectivity index (χ4n) is 1.72. The van der Waals surface area contributed by atoms with Crippen molar-refractivity contribution < 1.29 is 14.7 Å². The lowest BCUT2D eigenvalue weighted by Crippen LogP contribution is -2.43. The Kier molecular flexibility index (Phi) is 11.6. The lowest BCUT2D eigenvalue weighted by molar-refractivity contribution is -0.137. The van der Waals surface area contributed by atoms with Crippen molar-refractivity contribution in [3.05, 3.63) is 0 Å². The molecule has 0 aromatic rings. The number of carboxylic acid groups (broad SMARTS) is 1. The molecule has 0 aromatic carbocycles. The number of urea groups is 1. The molecule has 2 N–H and O–H groups in total. The SMILES string of the molecule is CCCN(CC(=O)O)C(=O)NCCCCCCSC. The van der Waals surface area contributed by atoms with Gasteiger partial charge in [0.2, 0.25) is 0 Å². The van der Waals surface area contributed by atoms with Crippen LogP contribution in [0.3, 0.4) is 0 Å². The second-order valence-electron chi connectivity index (χ2n) is 4.45. The van der Waals surface area contributed by atoms with E-state index in [1.165, 1.54) is 23.5 Å². The summed E-state index contributed by atoms with van der Waals surface area (Å²) in [5.74, 6) is 0.218. The number of aliphatic carboxylic acids is 1. The molecule has 2 amide bonds. The summed E-state index contributed by atoms with van der Waals surface area (Å²) in [4.78, 5) is 23.7. The summed E-state index contributed by atoms with van der Waals surface area (Å²) in [7, 11) is 0. The van der Waals surface area contributed by atoms with Gasteiger partial charge in [-0.1, -0.05) is 19.8 Å². The number of carbonyl (C=O) groups is 2. The maximum Gasteiger partial charge on any atom is 0.323 e. The third-order valence-corrected chi connectivity index (χ3v) is 3.36. The number of hydrogen-bond donors (Lipinski definition) is 2.